The number of amides is 1. The van der Waals surface area contributed by atoms with Gasteiger partial charge in [0.1, 0.15) is 17.4 Å². The largest absolute Gasteiger partial charge is 0.378 e. The van der Waals surface area contributed by atoms with Crippen LogP contribution in [-0.4, -0.2) is 77.2 Å². The number of piperazine rings is 1. The van der Waals surface area contributed by atoms with Crippen LogP contribution < -0.4 is 5.32 Å². The summed E-state index contributed by atoms with van der Waals surface area (Å²) >= 11 is 0. The number of hydrogen-bond acceptors (Lipinski definition) is 5. The summed E-state index contributed by atoms with van der Waals surface area (Å²) in [6.07, 6.45) is 9.62. The average molecular weight is 408 g/mol. The van der Waals surface area contributed by atoms with Gasteiger partial charge in [-0.1, -0.05) is 36.4 Å². The normalized spacial score (nSPS) is 27.6. The van der Waals surface area contributed by atoms with Gasteiger partial charge in [-0.3, -0.25) is 9.69 Å². The first-order valence-corrected chi connectivity index (χ1v) is 10.8. The minimum Gasteiger partial charge on any atom is -0.378 e. The van der Waals surface area contributed by atoms with Gasteiger partial charge < -0.3 is 19.5 Å². The molecular formula is C23H29N5O2. The van der Waals surface area contributed by atoms with Crippen LogP contribution in [-0.2, 0) is 22.1 Å². The Bertz CT molecular complexity index is 983. The molecule has 7 heteroatoms. The summed E-state index contributed by atoms with van der Waals surface area (Å²) in [6, 6.07) is 8.08. The summed E-state index contributed by atoms with van der Waals surface area (Å²) in [7, 11) is 2.10. The van der Waals surface area contributed by atoms with E-state index in [9.17, 15) is 4.79 Å². The smallest absolute Gasteiger partial charge is 0.242 e. The van der Waals surface area contributed by atoms with Crippen LogP contribution in [0.5, 0.6) is 0 Å². The van der Waals surface area contributed by atoms with Crippen LogP contribution in [0.2, 0.25) is 0 Å². The number of morpholine rings is 1. The van der Waals surface area contributed by atoms with Gasteiger partial charge >= 0.3 is 0 Å². The molecule has 2 aliphatic heterocycles. The summed E-state index contributed by atoms with van der Waals surface area (Å²) in [5.74, 6) is 1.22. The number of hydrogen-bond donors (Lipinski definition) is 1. The molecule has 1 aliphatic carbocycles. The maximum atomic E-state index is 12.9. The minimum atomic E-state index is -0.288. The molecule has 7 nitrogen and oxygen atoms in total. The molecule has 1 amide bonds. The Balaban J connectivity index is 1.39. The van der Waals surface area contributed by atoms with Crippen LogP contribution in [0.4, 0.5) is 0 Å². The number of aromatic nitrogens is 2. The molecule has 1 aromatic carbocycles. The van der Waals surface area contributed by atoms with E-state index < -0.39 is 0 Å². The third-order valence-electron chi connectivity index (χ3n) is 6.60. The maximum absolute atomic E-state index is 12.9. The molecule has 5 rings (SSSR count). The van der Waals surface area contributed by atoms with E-state index in [1.54, 1.807) is 0 Å². The summed E-state index contributed by atoms with van der Waals surface area (Å²) < 4.78 is 7.70. The highest BCUT2D eigenvalue weighted by atomic mass is 16.5. The van der Waals surface area contributed by atoms with Crippen molar-refractivity contribution in [3.05, 3.63) is 54.4 Å². The molecule has 0 radical (unpaired) electrons. The first-order valence-electron chi connectivity index (χ1n) is 10.8. The average Bonchev–Trinajstić information content (AvgIpc) is 3.17. The van der Waals surface area contributed by atoms with Crippen LogP contribution in [0.15, 0.2) is 48.6 Å². The second-order valence-corrected chi connectivity index (χ2v) is 8.29. The Morgan fingerprint density at radius 3 is 2.73 bits per heavy atom. The standard InChI is InChI=1S/C23H29N5O2/c1-26-20-8-4-3-7-18(20)25-22(26)23(9-5-2-6-10-23)28-14-12-27(13-15-28)21(29)19-17-30-16-11-24-19/h2-9,19,24H,10-17H2,1H3. The van der Waals surface area contributed by atoms with E-state index >= 15 is 0 Å². The Kier molecular flexibility index (Phi) is 5.18. The Morgan fingerprint density at radius 2 is 2.03 bits per heavy atom. The fraction of sp³-hybridized carbons (Fsp3) is 0.478. The van der Waals surface area contributed by atoms with Gasteiger partial charge in [0.15, 0.2) is 0 Å². The monoisotopic (exact) mass is 407 g/mol. The van der Waals surface area contributed by atoms with E-state index in [1.807, 2.05) is 11.0 Å². The van der Waals surface area contributed by atoms with Crippen molar-refractivity contribution < 1.29 is 9.53 Å². The summed E-state index contributed by atoms with van der Waals surface area (Å²) in [4.78, 5) is 22.4. The van der Waals surface area contributed by atoms with Crippen molar-refractivity contribution in [2.75, 3.05) is 45.9 Å². The summed E-state index contributed by atoms with van der Waals surface area (Å²) in [6.45, 7) is 4.97. The molecule has 30 heavy (non-hydrogen) atoms. The van der Waals surface area contributed by atoms with Crippen molar-refractivity contribution in [3.8, 4) is 0 Å². The lowest BCUT2D eigenvalue weighted by atomic mass is 9.87. The highest BCUT2D eigenvalue weighted by Gasteiger charge is 2.42. The summed E-state index contributed by atoms with van der Waals surface area (Å²) in [5, 5.41) is 3.28. The number of rotatable bonds is 3. The van der Waals surface area contributed by atoms with Gasteiger partial charge in [0.2, 0.25) is 5.91 Å². The van der Waals surface area contributed by atoms with Crippen LogP contribution in [0.3, 0.4) is 0 Å². The van der Waals surface area contributed by atoms with Crippen molar-refractivity contribution in [3.63, 3.8) is 0 Å². The molecule has 2 fully saturated rings. The molecular weight excluding hydrogens is 378 g/mol. The van der Waals surface area contributed by atoms with Crippen molar-refractivity contribution in [2.45, 2.75) is 18.0 Å². The van der Waals surface area contributed by atoms with Crippen LogP contribution in [0, 0.1) is 0 Å². The van der Waals surface area contributed by atoms with E-state index in [4.69, 9.17) is 9.72 Å². The van der Waals surface area contributed by atoms with E-state index in [0.717, 1.165) is 56.0 Å². The highest BCUT2D eigenvalue weighted by Crippen LogP contribution is 2.37. The van der Waals surface area contributed by atoms with Crippen LogP contribution in [0.25, 0.3) is 11.0 Å². The molecule has 0 bridgehead atoms. The van der Waals surface area contributed by atoms with E-state index in [0.29, 0.717) is 13.2 Å². The minimum absolute atomic E-state index is 0.158. The number of carbonyl (C=O) groups is 1. The number of para-hydroxylation sites is 2. The van der Waals surface area contributed by atoms with Gasteiger partial charge in [-0.2, -0.15) is 0 Å². The Morgan fingerprint density at radius 1 is 1.20 bits per heavy atom. The van der Waals surface area contributed by atoms with Gasteiger partial charge in [0.25, 0.3) is 0 Å². The zero-order valence-corrected chi connectivity index (χ0v) is 17.5. The van der Waals surface area contributed by atoms with Gasteiger partial charge in [-0.25, -0.2) is 4.98 Å². The third-order valence-corrected chi connectivity index (χ3v) is 6.60. The van der Waals surface area contributed by atoms with Crippen LogP contribution >= 0.6 is 0 Å². The number of ether oxygens (including phenoxy) is 1. The molecule has 2 aromatic rings. The number of allylic oxidation sites excluding steroid dienone is 2. The number of imidazole rings is 1. The predicted octanol–water partition coefficient (Wildman–Crippen LogP) is 1.42. The number of nitrogens with one attached hydrogen (secondary N) is 1. The third kappa shape index (κ3) is 3.27. The van der Waals surface area contributed by atoms with Gasteiger partial charge in [-0.15, -0.1) is 0 Å². The van der Waals surface area contributed by atoms with Crippen molar-refractivity contribution in [2.24, 2.45) is 7.05 Å². The van der Waals surface area contributed by atoms with Gasteiger partial charge in [0, 0.05) is 39.8 Å². The lowest BCUT2D eigenvalue weighted by molar-refractivity contribution is -0.139. The zero-order valence-electron chi connectivity index (χ0n) is 17.5. The summed E-state index contributed by atoms with van der Waals surface area (Å²) in [5.41, 5.74) is 1.88. The molecule has 3 aliphatic rings. The maximum Gasteiger partial charge on any atom is 0.242 e. The van der Waals surface area contributed by atoms with E-state index in [1.165, 1.54) is 0 Å². The number of fused-ring (bicyclic) bond motifs is 1. The predicted molar refractivity (Wildman–Crippen MR) is 116 cm³/mol. The second kappa shape index (κ2) is 7.98. The topological polar surface area (TPSA) is 62.6 Å². The molecule has 0 spiro atoms. The zero-order chi connectivity index (χ0) is 20.6. The molecule has 0 saturated carbocycles. The Hall–Kier alpha value is -2.48. The fourth-order valence-corrected chi connectivity index (χ4v) is 4.95. The number of aryl methyl sites for hydroxylation is 1. The van der Waals surface area contributed by atoms with Gasteiger partial charge in [0.05, 0.1) is 24.2 Å². The SMILES string of the molecule is Cn1c(C2(N3CCN(C(=O)C4COCCN4)CC3)C=CC=CC2)nc2ccccc21. The fourth-order valence-electron chi connectivity index (χ4n) is 4.95. The molecule has 1 aromatic heterocycles. The second-order valence-electron chi connectivity index (χ2n) is 8.29. The number of nitrogens with zero attached hydrogens (tertiary/aromatic N) is 4. The van der Waals surface area contributed by atoms with Crippen molar-refractivity contribution in [1.82, 2.24) is 24.7 Å². The van der Waals surface area contributed by atoms with Crippen molar-refractivity contribution in [1.29, 1.82) is 0 Å². The van der Waals surface area contributed by atoms with Crippen molar-refractivity contribution >= 4 is 16.9 Å². The lowest BCUT2D eigenvalue weighted by Crippen LogP contribution is -2.60. The van der Waals surface area contributed by atoms with Crippen LogP contribution in [0.1, 0.15) is 12.2 Å². The Labute approximate surface area is 177 Å². The number of carbonyl (C=O) groups excluding carboxylic acids is 1. The molecule has 1 N–H and O–H groups in total. The highest BCUT2D eigenvalue weighted by molar-refractivity contribution is 5.82. The quantitative estimate of drug-likeness (QED) is 0.834. The molecule has 158 valence electrons. The first kappa shape index (κ1) is 19.5. The van der Waals surface area contributed by atoms with Gasteiger partial charge in [-0.05, 0) is 18.6 Å². The number of benzene rings is 1. The van der Waals surface area contributed by atoms with E-state index in [2.05, 4.69) is 64.3 Å². The molecule has 2 atom stereocenters. The molecule has 3 heterocycles. The first-order chi connectivity index (χ1) is 14.7. The molecule has 2 saturated heterocycles. The molecule has 2 unspecified atom stereocenters. The lowest BCUT2D eigenvalue weighted by Gasteiger charge is -2.46. The van der Waals surface area contributed by atoms with E-state index in [-0.39, 0.29) is 17.5 Å².